The molecule has 0 unspecified atom stereocenters. The highest BCUT2D eigenvalue weighted by Crippen LogP contribution is 2.21. The number of ether oxygens (including phenoxy) is 2. The molecule has 2 rings (SSSR count). The van der Waals surface area contributed by atoms with Gasteiger partial charge >= 0.3 is 5.97 Å². The molecular weight excluding hydrogens is 338 g/mol. The minimum Gasteiger partial charge on any atom is -0.490 e. The van der Waals surface area contributed by atoms with E-state index in [2.05, 4.69) is 0 Å². The van der Waals surface area contributed by atoms with E-state index >= 15 is 0 Å². The summed E-state index contributed by atoms with van der Waals surface area (Å²) in [4.78, 5) is 34.4. The van der Waals surface area contributed by atoms with Crippen LogP contribution in [0.1, 0.15) is 12.5 Å². The Kier molecular flexibility index (Phi) is 6.61. The van der Waals surface area contributed by atoms with E-state index in [0.29, 0.717) is 5.75 Å². The molecule has 0 aliphatic rings. The topological polar surface area (TPSA) is 95.7 Å². The molecule has 7 heteroatoms. The molecule has 0 saturated carbocycles. The lowest BCUT2D eigenvalue weighted by molar-refractivity contribution is -0.385. The summed E-state index contributed by atoms with van der Waals surface area (Å²) in [6.07, 6.45) is 1.17. The summed E-state index contributed by atoms with van der Waals surface area (Å²) in [7, 11) is 0. The Labute approximate surface area is 150 Å². The van der Waals surface area contributed by atoms with Crippen LogP contribution in [0.3, 0.4) is 0 Å². The Balaban J connectivity index is 2.04. The molecule has 0 fully saturated rings. The second-order valence-corrected chi connectivity index (χ2v) is 5.23. The van der Waals surface area contributed by atoms with Crippen LogP contribution in [0.4, 0.5) is 5.69 Å². The number of Topliss-reactive ketones (excluding diaryl/α,β-unsaturated/α-hetero) is 1. The van der Waals surface area contributed by atoms with Crippen LogP contribution in [0.25, 0.3) is 6.08 Å². The van der Waals surface area contributed by atoms with E-state index in [1.807, 2.05) is 18.2 Å². The zero-order chi connectivity index (χ0) is 18.9. The Morgan fingerprint density at radius 2 is 1.69 bits per heavy atom. The van der Waals surface area contributed by atoms with Crippen molar-refractivity contribution < 1.29 is 24.0 Å². The molecule has 7 nitrogen and oxygen atoms in total. The molecule has 0 aliphatic heterocycles. The molecule has 2 aromatic rings. The summed E-state index contributed by atoms with van der Waals surface area (Å²) in [5, 5.41) is 11.0. The first-order valence-corrected chi connectivity index (χ1v) is 7.80. The molecule has 0 aromatic heterocycles. The molecule has 0 saturated heterocycles. The van der Waals surface area contributed by atoms with Crippen LogP contribution in [0.15, 0.2) is 60.2 Å². The molecule has 0 aliphatic carbocycles. The molecule has 0 heterocycles. The van der Waals surface area contributed by atoms with Crippen molar-refractivity contribution >= 4 is 23.5 Å². The molecule has 0 radical (unpaired) electrons. The van der Waals surface area contributed by atoms with Crippen molar-refractivity contribution in [2.45, 2.75) is 6.92 Å². The van der Waals surface area contributed by atoms with E-state index in [1.54, 1.807) is 18.2 Å². The number of nitro benzene ring substituents is 1. The molecule has 0 spiro atoms. The lowest BCUT2D eigenvalue weighted by atomic mass is 10.1. The number of esters is 1. The fourth-order valence-corrected chi connectivity index (χ4v) is 2.12. The molecule has 0 bridgehead atoms. The highest BCUT2D eigenvalue weighted by molar-refractivity contribution is 6.20. The van der Waals surface area contributed by atoms with Gasteiger partial charge in [0.25, 0.3) is 5.69 Å². The predicted molar refractivity (Wildman–Crippen MR) is 94.7 cm³/mol. The first-order valence-electron chi connectivity index (χ1n) is 7.80. The highest BCUT2D eigenvalue weighted by Gasteiger charge is 2.19. The quantitative estimate of drug-likeness (QED) is 0.137. The van der Waals surface area contributed by atoms with Crippen molar-refractivity contribution in [3.8, 4) is 5.75 Å². The minimum atomic E-state index is -0.854. The van der Waals surface area contributed by atoms with E-state index in [-0.39, 0.29) is 30.0 Å². The first kappa shape index (κ1) is 18.9. The molecule has 134 valence electrons. The van der Waals surface area contributed by atoms with Crippen LogP contribution in [0.2, 0.25) is 0 Å². The average molecular weight is 355 g/mol. The number of hydrogen-bond acceptors (Lipinski definition) is 6. The van der Waals surface area contributed by atoms with Gasteiger partial charge in [-0.2, -0.15) is 0 Å². The van der Waals surface area contributed by atoms with Gasteiger partial charge in [0.2, 0.25) is 0 Å². The molecule has 0 N–H and O–H groups in total. The largest absolute Gasteiger partial charge is 0.490 e. The number of rotatable bonds is 8. The summed E-state index contributed by atoms with van der Waals surface area (Å²) in [5.41, 5.74) is -0.314. The normalized spacial score (nSPS) is 10.9. The second-order valence-electron chi connectivity index (χ2n) is 5.23. The third-order valence-corrected chi connectivity index (χ3v) is 3.36. The van der Waals surface area contributed by atoms with Gasteiger partial charge in [-0.25, -0.2) is 4.79 Å². The Bertz CT molecular complexity index is 829. The molecule has 0 amide bonds. The maximum atomic E-state index is 12.1. The van der Waals surface area contributed by atoms with Gasteiger partial charge in [0.05, 0.1) is 10.5 Å². The lowest BCUT2D eigenvalue weighted by Crippen LogP contribution is -2.17. The maximum Gasteiger partial charge on any atom is 0.341 e. The zero-order valence-electron chi connectivity index (χ0n) is 14.1. The predicted octanol–water partition coefficient (Wildman–Crippen LogP) is 3.19. The fraction of sp³-hybridized carbons (Fsp3) is 0.158. The summed E-state index contributed by atoms with van der Waals surface area (Å²) >= 11 is 0. The molecule has 2 aromatic carbocycles. The monoisotopic (exact) mass is 355 g/mol. The number of carbonyl (C=O) groups excluding carboxylic acids is 2. The van der Waals surface area contributed by atoms with Crippen molar-refractivity contribution in [2.75, 3.05) is 13.2 Å². The third kappa shape index (κ3) is 5.27. The maximum absolute atomic E-state index is 12.1. The number of ketones is 1. The van der Waals surface area contributed by atoms with Crippen LogP contribution >= 0.6 is 0 Å². The summed E-state index contributed by atoms with van der Waals surface area (Å²) in [5.74, 6) is -0.768. The van der Waals surface area contributed by atoms with Crippen LogP contribution in [0.5, 0.6) is 5.75 Å². The fourth-order valence-electron chi connectivity index (χ4n) is 2.12. The molecule has 26 heavy (non-hydrogen) atoms. The number of benzene rings is 2. The smallest absolute Gasteiger partial charge is 0.341 e. The Hall–Kier alpha value is -3.48. The third-order valence-electron chi connectivity index (χ3n) is 3.36. The van der Waals surface area contributed by atoms with Crippen LogP contribution in [-0.2, 0) is 14.3 Å². The number of hydrogen-bond donors (Lipinski definition) is 0. The average Bonchev–Trinajstić information content (AvgIpc) is 2.64. The van der Waals surface area contributed by atoms with Gasteiger partial charge < -0.3 is 9.47 Å². The van der Waals surface area contributed by atoms with Gasteiger partial charge in [-0.05, 0) is 31.2 Å². The number of para-hydroxylation sites is 2. The standard InChI is InChI=1S/C19H17NO6/c1-14(21)17(13-15-7-5-6-10-18(15)20(23)24)19(22)26-12-11-25-16-8-3-2-4-9-16/h2-10,13H,11-12H2,1H3. The summed E-state index contributed by atoms with van der Waals surface area (Å²) in [6, 6.07) is 14.8. The minimum absolute atomic E-state index is 0.0603. The van der Waals surface area contributed by atoms with Gasteiger partial charge in [-0.1, -0.05) is 30.3 Å². The van der Waals surface area contributed by atoms with E-state index in [9.17, 15) is 19.7 Å². The van der Waals surface area contributed by atoms with Crippen molar-refractivity contribution in [3.05, 3.63) is 75.8 Å². The Morgan fingerprint density at radius 3 is 2.35 bits per heavy atom. The van der Waals surface area contributed by atoms with Gasteiger partial charge in [0, 0.05) is 6.07 Å². The molecule has 0 atom stereocenters. The summed E-state index contributed by atoms with van der Waals surface area (Å²) < 4.78 is 10.4. The zero-order valence-corrected chi connectivity index (χ0v) is 14.1. The van der Waals surface area contributed by atoms with Crippen LogP contribution in [0, 0.1) is 10.1 Å². The highest BCUT2D eigenvalue weighted by atomic mass is 16.6. The Morgan fingerprint density at radius 1 is 1.04 bits per heavy atom. The van der Waals surface area contributed by atoms with E-state index in [4.69, 9.17) is 9.47 Å². The van der Waals surface area contributed by atoms with E-state index in [0.717, 1.165) is 0 Å². The van der Waals surface area contributed by atoms with E-state index in [1.165, 1.54) is 31.2 Å². The van der Waals surface area contributed by atoms with Crippen molar-refractivity contribution in [1.82, 2.24) is 0 Å². The number of nitro groups is 1. The number of nitrogens with zero attached hydrogens (tertiary/aromatic N) is 1. The second kappa shape index (κ2) is 9.12. The summed E-state index contributed by atoms with van der Waals surface area (Å²) in [6.45, 7) is 1.25. The first-order chi connectivity index (χ1) is 12.5. The van der Waals surface area contributed by atoms with Crippen molar-refractivity contribution in [3.63, 3.8) is 0 Å². The van der Waals surface area contributed by atoms with Gasteiger partial charge in [0.1, 0.15) is 24.5 Å². The van der Waals surface area contributed by atoms with Crippen molar-refractivity contribution in [1.29, 1.82) is 0 Å². The van der Waals surface area contributed by atoms with Gasteiger partial charge in [-0.15, -0.1) is 0 Å². The SMILES string of the molecule is CC(=O)C(=Cc1ccccc1[N+](=O)[O-])C(=O)OCCOc1ccccc1. The van der Waals surface area contributed by atoms with Crippen molar-refractivity contribution in [2.24, 2.45) is 0 Å². The van der Waals surface area contributed by atoms with Gasteiger partial charge in [0.15, 0.2) is 5.78 Å². The van der Waals surface area contributed by atoms with Crippen LogP contribution < -0.4 is 4.74 Å². The lowest BCUT2D eigenvalue weighted by Gasteiger charge is -2.08. The van der Waals surface area contributed by atoms with E-state index < -0.39 is 16.7 Å². The van der Waals surface area contributed by atoms with Crippen LogP contribution in [-0.4, -0.2) is 29.9 Å². The van der Waals surface area contributed by atoms with Gasteiger partial charge in [-0.3, -0.25) is 14.9 Å². The molecular formula is C19H17NO6. The number of carbonyl (C=O) groups is 2.